The Labute approximate surface area is 171 Å². The van der Waals surface area contributed by atoms with Crippen LogP contribution in [0.2, 0.25) is 0 Å². The van der Waals surface area contributed by atoms with Gasteiger partial charge in [0.2, 0.25) is 0 Å². The zero-order chi connectivity index (χ0) is 21.8. The van der Waals surface area contributed by atoms with Crippen molar-refractivity contribution in [2.45, 2.75) is 13.8 Å². The molecule has 2 aromatic heterocycles. The molecule has 154 valence electrons. The number of aliphatic hydroxyl groups excluding tert-OH is 1. The molecule has 0 radical (unpaired) electrons. The summed E-state index contributed by atoms with van der Waals surface area (Å²) < 4.78 is 15.3. The average molecular weight is 409 g/mol. The van der Waals surface area contributed by atoms with E-state index in [0.717, 1.165) is 0 Å². The maximum Gasteiger partial charge on any atom is 0.344 e. The van der Waals surface area contributed by atoms with E-state index in [9.17, 15) is 19.5 Å². The van der Waals surface area contributed by atoms with Crippen LogP contribution in [0.4, 0.5) is 0 Å². The first-order valence-corrected chi connectivity index (χ1v) is 9.07. The number of carbonyl (C=O) groups is 2. The van der Waals surface area contributed by atoms with Gasteiger partial charge in [0, 0.05) is 17.1 Å². The van der Waals surface area contributed by atoms with Crippen LogP contribution in [0, 0.1) is 0 Å². The van der Waals surface area contributed by atoms with Gasteiger partial charge in [-0.15, -0.1) is 0 Å². The fraction of sp³-hybridized carbons (Fsp3) is 0.182. The number of methoxy groups -OCH3 is 1. The first kappa shape index (κ1) is 20.8. The van der Waals surface area contributed by atoms with Crippen molar-refractivity contribution in [3.63, 3.8) is 0 Å². The van der Waals surface area contributed by atoms with Crippen LogP contribution in [0.1, 0.15) is 29.8 Å². The Bertz CT molecular complexity index is 1220. The minimum atomic E-state index is -0.790. The molecule has 1 N–H and O–H groups in total. The number of nitrogens with zero attached hydrogens (tertiary/aromatic N) is 1. The molecule has 8 nitrogen and oxygen atoms in total. The lowest BCUT2D eigenvalue weighted by atomic mass is 9.95. The molecular formula is C22H19NO7. The van der Waals surface area contributed by atoms with E-state index in [-0.39, 0.29) is 45.9 Å². The van der Waals surface area contributed by atoms with Crippen molar-refractivity contribution in [2.75, 3.05) is 13.7 Å². The number of benzene rings is 1. The molecule has 0 atom stereocenters. The maximum absolute atomic E-state index is 12.7. The Hall–Kier alpha value is -3.94. The number of hydrogen-bond donors (Lipinski definition) is 1. The van der Waals surface area contributed by atoms with Gasteiger partial charge < -0.3 is 19.0 Å². The predicted octanol–water partition coefficient (Wildman–Crippen LogP) is 3.49. The Morgan fingerprint density at radius 3 is 2.50 bits per heavy atom. The molecule has 0 bridgehead atoms. The summed E-state index contributed by atoms with van der Waals surface area (Å²) in [6.07, 6.45) is 1.35. The quantitative estimate of drug-likeness (QED) is 0.387. The van der Waals surface area contributed by atoms with Crippen molar-refractivity contribution < 1.29 is 28.6 Å². The number of esters is 2. The van der Waals surface area contributed by atoms with Crippen LogP contribution in [-0.4, -0.2) is 35.7 Å². The molecule has 3 aromatic rings. The van der Waals surface area contributed by atoms with Crippen LogP contribution in [-0.2, 0) is 14.3 Å². The third-order valence-electron chi connectivity index (χ3n) is 4.34. The van der Waals surface area contributed by atoms with Crippen molar-refractivity contribution >= 4 is 28.3 Å². The first-order chi connectivity index (χ1) is 14.4. The highest BCUT2D eigenvalue weighted by atomic mass is 16.5. The molecule has 0 saturated carbocycles. The fourth-order valence-corrected chi connectivity index (χ4v) is 3.06. The normalized spacial score (nSPS) is 11.7. The van der Waals surface area contributed by atoms with Gasteiger partial charge in [0.25, 0.3) is 0 Å². The highest BCUT2D eigenvalue weighted by Gasteiger charge is 2.27. The molecule has 0 saturated heterocycles. The standard InChI is InChI=1S/C22H19NO7/c1-4-29-22(27)17(12(2)24)18-14-7-5-6-8-15(14)21(26)30-19(18)16-11-13(9-10-23-16)20(25)28-3/h5-11,24H,4H2,1-3H3/b17-12+. The number of fused-ring (bicyclic) bond motifs is 1. The lowest BCUT2D eigenvalue weighted by Gasteiger charge is -2.14. The average Bonchev–Trinajstić information content (AvgIpc) is 2.75. The highest BCUT2D eigenvalue weighted by Crippen LogP contribution is 2.35. The van der Waals surface area contributed by atoms with E-state index in [1.807, 2.05) is 0 Å². The minimum Gasteiger partial charge on any atom is -0.512 e. The second-order valence-electron chi connectivity index (χ2n) is 6.24. The van der Waals surface area contributed by atoms with E-state index >= 15 is 0 Å². The van der Waals surface area contributed by atoms with Gasteiger partial charge in [0.1, 0.15) is 17.0 Å². The Morgan fingerprint density at radius 1 is 1.17 bits per heavy atom. The molecule has 0 aliphatic rings. The Kier molecular flexibility index (Phi) is 5.96. The summed E-state index contributed by atoms with van der Waals surface area (Å²) in [5.41, 5.74) is -0.408. The number of rotatable bonds is 5. The number of ether oxygens (including phenoxy) is 2. The second-order valence-corrected chi connectivity index (χ2v) is 6.24. The molecule has 1 aromatic carbocycles. The molecular weight excluding hydrogens is 390 g/mol. The van der Waals surface area contributed by atoms with Crippen molar-refractivity contribution in [3.05, 3.63) is 69.9 Å². The van der Waals surface area contributed by atoms with Crippen LogP contribution in [0.3, 0.4) is 0 Å². The van der Waals surface area contributed by atoms with Crippen LogP contribution in [0.15, 0.2) is 57.6 Å². The SMILES string of the molecule is CCOC(=O)/C(=C(\C)O)c1c(-c2cc(C(=O)OC)ccn2)oc(=O)c2ccccc12. The van der Waals surface area contributed by atoms with Gasteiger partial charge in [-0.1, -0.05) is 18.2 Å². The summed E-state index contributed by atoms with van der Waals surface area (Å²) >= 11 is 0. The summed E-state index contributed by atoms with van der Waals surface area (Å²) in [5.74, 6) is -1.80. The van der Waals surface area contributed by atoms with Crippen LogP contribution >= 0.6 is 0 Å². The predicted molar refractivity (Wildman–Crippen MR) is 109 cm³/mol. The van der Waals surface area contributed by atoms with Crippen molar-refractivity contribution in [3.8, 4) is 11.5 Å². The molecule has 0 fully saturated rings. The number of hydrogen-bond acceptors (Lipinski definition) is 8. The largest absolute Gasteiger partial charge is 0.512 e. The van der Waals surface area contributed by atoms with Crippen molar-refractivity contribution in [1.29, 1.82) is 0 Å². The lowest BCUT2D eigenvalue weighted by Crippen LogP contribution is -2.13. The van der Waals surface area contributed by atoms with Crippen LogP contribution in [0.5, 0.6) is 0 Å². The molecule has 0 amide bonds. The zero-order valence-corrected chi connectivity index (χ0v) is 16.6. The molecule has 0 spiro atoms. The second kappa shape index (κ2) is 8.60. The van der Waals surface area contributed by atoms with Gasteiger partial charge in [-0.2, -0.15) is 0 Å². The third kappa shape index (κ3) is 3.80. The summed E-state index contributed by atoms with van der Waals surface area (Å²) in [7, 11) is 1.24. The van der Waals surface area contributed by atoms with E-state index in [1.54, 1.807) is 31.2 Å². The summed E-state index contributed by atoms with van der Waals surface area (Å²) in [5, 5.41) is 10.9. The molecule has 8 heteroatoms. The van der Waals surface area contributed by atoms with Gasteiger partial charge in [-0.3, -0.25) is 4.98 Å². The van der Waals surface area contributed by atoms with Crippen molar-refractivity contribution in [1.82, 2.24) is 4.98 Å². The van der Waals surface area contributed by atoms with E-state index in [4.69, 9.17) is 13.9 Å². The lowest BCUT2D eigenvalue weighted by molar-refractivity contribution is -0.136. The Balaban J connectivity index is 2.43. The van der Waals surface area contributed by atoms with Crippen molar-refractivity contribution in [2.24, 2.45) is 0 Å². The van der Waals surface area contributed by atoms with Gasteiger partial charge >= 0.3 is 17.6 Å². The number of pyridine rings is 1. The number of aromatic nitrogens is 1. The van der Waals surface area contributed by atoms with E-state index < -0.39 is 17.6 Å². The van der Waals surface area contributed by atoms with Gasteiger partial charge in [-0.05, 0) is 32.0 Å². The first-order valence-electron chi connectivity index (χ1n) is 9.07. The molecule has 2 heterocycles. The molecule has 0 aliphatic heterocycles. The smallest absolute Gasteiger partial charge is 0.344 e. The van der Waals surface area contributed by atoms with Gasteiger partial charge in [-0.25, -0.2) is 14.4 Å². The zero-order valence-electron chi connectivity index (χ0n) is 16.6. The molecule has 30 heavy (non-hydrogen) atoms. The molecule has 3 rings (SSSR count). The number of aliphatic hydroxyl groups is 1. The third-order valence-corrected chi connectivity index (χ3v) is 4.34. The number of carbonyl (C=O) groups excluding carboxylic acids is 2. The fourth-order valence-electron chi connectivity index (χ4n) is 3.06. The monoisotopic (exact) mass is 409 g/mol. The number of allylic oxidation sites excluding steroid dienone is 1. The highest BCUT2D eigenvalue weighted by molar-refractivity contribution is 6.22. The van der Waals surface area contributed by atoms with Crippen LogP contribution < -0.4 is 5.63 Å². The Morgan fingerprint density at radius 2 is 1.87 bits per heavy atom. The maximum atomic E-state index is 12.7. The van der Waals surface area contributed by atoms with Gasteiger partial charge in [0.05, 0.1) is 24.7 Å². The van der Waals surface area contributed by atoms with Crippen LogP contribution in [0.25, 0.3) is 27.8 Å². The van der Waals surface area contributed by atoms with E-state index in [0.29, 0.717) is 5.39 Å². The topological polar surface area (TPSA) is 116 Å². The summed E-state index contributed by atoms with van der Waals surface area (Å²) in [4.78, 5) is 41.4. The minimum absolute atomic E-state index is 0.0791. The van der Waals surface area contributed by atoms with Gasteiger partial charge in [0.15, 0.2) is 5.76 Å². The van der Waals surface area contributed by atoms with E-state index in [1.165, 1.54) is 32.4 Å². The molecule has 0 unspecified atom stereocenters. The van der Waals surface area contributed by atoms with E-state index in [2.05, 4.69) is 4.98 Å². The summed E-state index contributed by atoms with van der Waals surface area (Å²) in [6, 6.07) is 9.31. The molecule has 0 aliphatic carbocycles. The summed E-state index contributed by atoms with van der Waals surface area (Å²) in [6.45, 7) is 3.04.